The SMILES string of the molecule is C=C(C)COC(C)[N+](C)(C)CCCP(=O)(O)O.C[N+](C)(C)CC(=O)O. The number of likely N-dealkylation sites (N-methyl/N-ethyl adjacent to an activating group) is 1. The third kappa shape index (κ3) is 19.4. The molecule has 0 bridgehead atoms. The third-order valence-corrected chi connectivity index (χ3v) is 4.25. The summed E-state index contributed by atoms with van der Waals surface area (Å²) in [6.07, 6.45) is 0.392. The number of carboxylic acids is 1. The second-order valence-electron chi connectivity index (χ2n) is 7.95. The average molecular weight is 384 g/mol. The van der Waals surface area contributed by atoms with Gasteiger partial charge in [-0.15, -0.1) is 0 Å². The number of hydrogen-bond acceptors (Lipinski definition) is 3. The first-order valence-corrected chi connectivity index (χ1v) is 9.91. The summed E-state index contributed by atoms with van der Waals surface area (Å²) >= 11 is 0. The first kappa shape index (κ1) is 26.5. The minimum absolute atomic E-state index is 0.0246. The lowest BCUT2D eigenvalue weighted by molar-refractivity contribution is -0.935. The van der Waals surface area contributed by atoms with Crippen molar-refractivity contribution in [3.05, 3.63) is 12.2 Å². The summed E-state index contributed by atoms with van der Waals surface area (Å²) in [6, 6.07) is 0. The number of hydrogen-bond donors (Lipinski definition) is 3. The van der Waals surface area contributed by atoms with Crippen LogP contribution in [0, 0.1) is 0 Å². The van der Waals surface area contributed by atoms with Gasteiger partial charge < -0.3 is 28.6 Å². The molecule has 0 aliphatic rings. The fourth-order valence-electron chi connectivity index (χ4n) is 1.74. The monoisotopic (exact) mass is 384 g/mol. The molecular formula is C16H37N2O6P+2. The zero-order valence-corrected chi connectivity index (χ0v) is 17.6. The van der Waals surface area contributed by atoms with Gasteiger partial charge in [0.2, 0.25) is 0 Å². The first-order chi connectivity index (χ1) is 11.0. The van der Waals surface area contributed by atoms with E-state index in [0.717, 1.165) is 5.57 Å². The molecule has 1 atom stereocenters. The minimum Gasteiger partial charge on any atom is -0.477 e. The lowest BCUT2D eigenvalue weighted by Gasteiger charge is -2.35. The van der Waals surface area contributed by atoms with Gasteiger partial charge in [0.25, 0.3) is 0 Å². The zero-order chi connectivity index (χ0) is 20.5. The second kappa shape index (κ2) is 11.1. The van der Waals surface area contributed by atoms with Gasteiger partial charge in [-0.25, -0.2) is 4.79 Å². The van der Waals surface area contributed by atoms with Crippen molar-refractivity contribution >= 4 is 13.6 Å². The average Bonchev–Trinajstić information content (AvgIpc) is 2.31. The highest BCUT2D eigenvalue weighted by molar-refractivity contribution is 7.51. The van der Waals surface area contributed by atoms with Gasteiger partial charge in [-0.3, -0.25) is 4.57 Å². The number of carboxylic acid groups (broad SMARTS) is 1. The van der Waals surface area contributed by atoms with E-state index in [-0.39, 0.29) is 18.9 Å². The Labute approximate surface area is 152 Å². The summed E-state index contributed by atoms with van der Waals surface area (Å²) in [5, 5.41) is 8.23. The van der Waals surface area contributed by atoms with E-state index in [1.807, 2.05) is 49.1 Å². The maximum absolute atomic E-state index is 10.7. The van der Waals surface area contributed by atoms with Crippen molar-refractivity contribution in [3.8, 4) is 0 Å². The van der Waals surface area contributed by atoms with Crippen LogP contribution in [-0.2, 0) is 14.1 Å². The molecule has 8 nitrogen and oxygen atoms in total. The quantitative estimate of drug-likeness (QED) is 0.227. The molecule has 0 saturated carbocycles. The van der Waals surface area contributed by atoms with Crippen LogP contribution in [0.3, 0.4) is 0 Å². The number of aliphatic carboxylic acids is 1. The van der Waals surface area contributed by atoms with E-state index in [2.05, 4.69) is 6.58 Å². The molecule has 0 saturated heterocycles. The Morgan fingerprint density at radius 2 is 1.68 bits per heavy atom. The maximum Gasteiger partial charge on any atom is 0.359 e. The van der Waals surface area contributed by atoms with Crippen LogP contribution < -0.4 is 0 Å². The lowest BCUT2D eigenvalue weighted by atomic mass is 10.3. The number of nitrogens with zero attached hydrogens (tertiary/aromatic N) is 2. The fraction of sp³-hybridized carbons (Fsp3) is 0.812. The zero-order valence-electron chi connectivity index (χ0n) is 16.7. The Morgan fingerprint density at radius 1 is 1.20 bits per heavy atom. The van der Waals surface area contributed by atoms with Crippen LogP contribution in [-0.4, -0.2) is 97.2 Å². The molecule has 0 spiro atoms. The fourth-order valence-corrected chi connectivity index (χ4v) is 2.29. The van der Waals surface area contributed by atoms with Crippen molar-refractivity contribution in [1.29, 1.82) is 0 Å². The molecule has 0 rings (SSSR count). The molecule has 25 heavy (non-hydrogen) atoms. The molecule has 150 valence electrons. The normalized spacial score (nSPS) is 13.6. The van der Waals surface area contributed by atoms with Crippen molar-refractivity contribution in [2.45, 2.75) is 26.5 Å². The topological polar surface area (TPSA) is 104 Å². The van der Waals surface area contributed by atoms with Gasteiger partial charge in [-0.1, -0.05) is 12.2 Å². The molecular weight excluding hydrogens is 347 g/mol. The summed E-state index contributed by atoms with van der Waals surface area (Å²) in [7, 11) is 5.62. The molecule has 3 N–H and O–H groups in total. The van der Waals surface area contributed by atoms with Gasteiger partial charge in [-0.05, 0) is 6.92 Å². The largest absolute Gasteiger partial charge is 0.477 e. The molecule has 0 radical (unpaired) electrons. The summed E-state index contributed by atoms with van der Waals surface area (Å²) < 4.78 is 17.4. The van der Waals surface area contributed by atoms with Gasteiger partial charge in [0.15, 0.2) is 12.8 Å². The standard InChI is InChI=1S/C11H24NO4P.C5H11NO2/c1-10(2)9-16-11(3)12(4,5)7-6-8-17(13,14)15;1-6(2,3)4-5(7)8/h11H,1,6-9H2,2-5H3,(H-,13,14,15);4H2,1-3H3/p+2. The van der Waals surface area contributed by atoms with Gasteiger partial charge in [0, 0.05) is 13.3 Å². The first-order valence-electron chi connectivity index (χ1n) is 8.12. The predicted molar refractivity (Wildman–Crippen MR) is 99.3 cm³/mol. The smallest absolute Gasteiger partial charge is 0.359 e. The van der Waals surface area contributed by atoms with Gasteiger partial charge in [-0.2, -0.15) is 0 Å². The van der Waals surface area contributed by atoms with Crippen molar-refractivity contribution in [2.24, 2.45) is 0 Å². The Bertz CT molecular complexity index is 468. The van der Waals surface area contributed by atoms with Gasteiger partial charge >= 0.3 is 13.6 Å². The van der Waals surface area contributed by atoms with Crippen LogP contribution in [0.4, 0.5) is 0 Å². The Morgan fingerprint density at radius 3 is 1.96 bits per heavy atom. The molecule has 0 aromatic heterocycles. The van der Waals surface area contributed by atoms with E-state index in [4.69, 9.17) is 19.6 Å². The summed E-state index contributed by atoms with van der Waals surface area (Å²) in [4.78, 5) is 27.6. The van der Waals surface area contributed by atoms with Crippen LogP contribution in [0.1, 0.15) is 20.3 Å². The van der Waals surface area contributed by atoms with E-state index in [0.29, 0.717) is 28.5 Å². The van der Waals surface area contributed by atoms with Crippen LogP contribution in [0.25, 0.3) is 0 Å². The van der Waals surface area contributed by atoms with Crippen LogP contribution >= 0.6 is 7.60 Å². The van der Waals surface area contributed by atoms with Crippen molar-refractivity contribution in [3.63, 3.8) is 0 Å². The van der Waals surface area contributed by atoms with E-state index < -0.39 is 13.6 Å². The molecule has 0 fully saturated rings. The summed E-state index contributed by atoms with van der Waals surface area (Å²) in [5.74, 6) is -0.752. The molecule has 1 unspecified atom stereocenters. The minimum atomic E-state index is -3.88. The van der Waals surface area contributed by atoms with Crippen molar-refractivity contribution in [1.82, 2.24) is 0 Å². The van der Waals surface area contributed by atoms with E-state index in [9.17, 15) is 9.36 Å². The molecule has 0 aromatic carbocycles. The number of quaternary nitrogens is 2. The molecule has 0 amide bonds. The Balaban J connectivity index is 0. The van der Waals surface area contributed by atoms with Crippen molar-refractivity contribution < 1.29 is 38.0 Å². The van der Waals surface area contributed by atoms with Crippen molar-refractivity contribution in [2.75, 3.05) is 61.1 Å². The highest BCUT2D eigenvalue weighted by Gasteiger charge is 2.25. The Hall–Kier alpha value is -0.760. The molecule has 9 heteroatoms. The number of rotatable bonds is 10. The van der Waals surface area contributed by atoms with E-state index >= 15 is 0 Å². The highest BCUT2D eigenvalue weighted by Crippen LogP contribution is 2.35. The summed E-state index contributed by atoms with van der Waals surface area (Å²) in [5.41, 5.74) is 0.965. The number of carbonyl (C=O) groups is 1. The predicted octanol–water partition coefficient (Wildman–Crippen LogP) is 1.35. The molecule has 0 aliphatic carbocycles. The molecule has 0 aliphatic heterocycles. The number of ether oxygens (including phenoxy) is 1. The van der Waals surface area contributed by atoms with Crippen LogP contribution in [0.15, 0.2) is 12.2 Å². The molecule has 0 aromatic rings. The third-order valence-electron chi connectivity index (χ3n) is 3.35. The van der Waals surface area contributed by atoms with Gasteiger partial charge in [0.1, 0.15) is 0 Å². The van der Waals surface area contributed by atoms with E-state index in [1.54, 1.807) is 0 Å². The van der Waals surface area contributed by atoms with Crippen LogP contribution in [0.5, 0.6) is 0 Å². The Kier molecular flexibility index (Phi) is 11.7. The molecule has 0 heterocycles. The lowest BCUT2D eigenvalue weighted by Crippen LogP contribution is -2.49. The van der Waals surface area contributed by atoms with Crippen LogP contribution in [0.2, 0.25) is 0 Å². The maximum atomic E-state index is 10.7. The highest BCUT2D eigenvalue weighted by atomic mass is 31.2. The van der Waals surface area contributed by atoms with E-state index in [1.165, 1.54) is 0 Å². The van der Waals surface area contributed by atoms with Gasteiger partial charge in [0.05, 0.1) is 54.6 Å². The second-order valence-corrected chi connectivity index (χ2v) is 9.73. The summed E-state index contributed by atoms with van der Waals surface area (Å²) in [6.45, 7) is 9.00.